The number of aromatic nitrogens is 2. The highest BCUT2D eigenvalue weighted by Crippen LogP contribution is 2.29. The zero-order valence-corrected chi connectivity index (χ0v) is 17.5. The number of aryl methyl sites for hydroxylation is 1. The number of hydrogen-bond donors (Lipinski definition) is 1. The topological polar surface area (TPSA) is 71.3 Å². The van der Waals surface area contributed by atoms with Crippen molar-refractivity contribution in [3.63, 3.8) is 0 Å². The van der Waals surface area contributed by atoms with Crippen LogP contribution in [0.3, 0.4) is 0 Å². The molecule has 0 saturated heterocycles. The molecule has 1 aliphatic rings. The molecule has 1 aliphatic heterocycles. The summed E-state index contributed by atoms with van der Waals surface area (Å²) in [7, 11) is 0. The molecule has 0 aliphatic carbocycles. The fourth-order valence-electron chi connectivity index (χ4n) is 3.82. The van der Waals surface area contributed by atoms with Gasteiger partial charge < -0.3 is 14.7 Å². The van der Waals surface area contributed by atoms with Gasteiger partial charge in [0.1, 0.15) is 5.82 Å². The number of benzene rings is 3. The van der Waals surface area contributed by atoms with Crippen molar-refractivity contribution < 1.29 is 13.7 Å². The largest absolute Gasteiger partial charge is 0.376 e. The van der Waals surface area contributed by atoms with Crippen molar-refractivity contribution in [2.75, 3.05) is 16.8 Å². The van der Waals surface area contributed by atoms with Gasteiger partial charge in [0, 0.05) is 29.0 Å². The van der Waals surface area contributed by atoms with Crippen molar-refractivity contribution in [1.29, 1.82) is 0 Å². The van der Waals surface area contributed by atoms with Gasteiger partial charge in [0.15, 0.2) is 0 Å². The van der Waals surface area contributed by atoms with E-state index in [0.29, 0.717) is 35.0 Å². The maximum absolute atomic E-state index is 13.8. The first-order chi connectivity index (χ1) is 15.6. The van der Waals surface area contributed by atoms with Gasteiger partial charge in [0.05, 0.1) is 6.54 Å². The average molecular weight is 428 g/mol. The Morgan fingerprint density at radius 1 is 1.12 bits per heavy atom. The molecule has 1 N–H and O–H groups in total. The summed E-state index contributed by atoms with van der Waals surface area (Å²) in [4.78, 5) is 19.2. The Balaban J connectivity index is 1.28. The average Bonchev–Trinajstić information content (AvgIpc) is 3.47. The first-order valence-corrected chi connectivity index (χ1v) is 10.4. The number of hydrogen-bond acceptors (Lipinski definition) is 5. The lowest BCUT2D eigenvalue weighted by Crippen LogP contribution is -2.28. The van der Waals surface area contributed by atoms with Crippen LogP contribution in [0, 0.1) is 12.7 Å². The number of rotatable bonds is 5. The van der Waals surface area contributed by atoms with Crippen molar-refractivity contribution in [1.82, 2.24) is 10.1 Å². The first-order valence-electron chi connectivity index (χ1n) is 10.4. The quantitative estimate of drug-likeness (QED) is 0.484. The molecule has 7 heteroatoms. The van der Waals surface area contributed by atoms with Crippen molar-refractivity contribution >= 4 is 17.3 Å². The summed E-state index contributed by atoms with van der Waals surface area (Å²) in [5, 5.41) is 7.15. The smallest absolute Gasteiger partial charge is 0.258 e. The van der Waals surface area contributed by atoms with E-state index in [4.69, 9.17) is 4.52 Å². The molecule has 0 unspecified atom stereocenters. The predicted octanol–water partition coefficient (Wildman–Crippen LogP) is 5.00. The SMILES string of the molecule is Cc1ccc(-c2noc(CNc3cccc(C(=O)N4CCc5ccccc54)c3)n2)cc1F. The Kier molecular flexibility index (Phi) is 5.15. The van der Waals surface area contributed by atoms with Gasteiger partial charge in [-0.25, -0.2) is 4.39 Å². The molecular formula is C25H21FN4O2. The summed E-state index contributed by atoms with van der Waals surface area (Å²) in [5.41, 5.74) is 4.66. The van der Waals surface area contributed by atoms with E-state index >= 15 is 0 Å². The maximum atomic E-state index is 13.8. The molecule has 0 bridgehead atoms. The minimum absolute atomic E-state index is 0.0277. The Morgan fingerprint density at radius 2 is 2.00 bits per heavy atom. The predicted molar refractivity (Wildman–Crippen MR) is 120 cm³/mol. The Hall–Kier alpha value is -4.00. The van der Waals surface area contributed by atoms with Crippen LogP contribution in [0.1, 0.15) is 27.4 Å². The van der Waals surface area contributed by atoms with Crippen LogP contribution in [-0.4, -0.2) is 22.6 Å². The Bertz CT molecular complexity index is 1300. The number of carbonyl (C=O) groups excluding carboxylic acids is 1. The first kappa shape index (κ1) is 19.9. The van der Waals surface area contributed by atoms with Gasteiger partial charge in [-0.05, 0) is 54.8 Å². The van der Waals surface area contributed by atoms with Gasteiger partial charge in [-0.1, -0.05) is 41.6 Å². The van der Waals surface area contributed by atoms with Crippen molar-refractivity contribution in [3.8, 4) is 11.4 Å². The van der Waals surface area contributed by atoms with E-state index in [2.05, 4.69) is 21.5 Å². The third-order valence-electron chi connectivity index (χ3n) is 5.58. The van der Waals surface area contributed by atoms with E-state index in [1.807, 2.05) is 47.4 Å². The number of para-hydroxylation sites is 1. The summed E-state index contributed by atoms with van der Waals surface area (Å²) in [6.07, 6.45) is 0.865. The minimum atomic E-state index is -0.311. The van der Waals surface area contributed by atoms with Crippen LogP contribution < -0.4 is 10.2 Å². The molecule has 1 aromatic heterocycles. The monoisotopic (exact) mass is 428 g/mol. The molecule has 0 atom stereocenters. The number of anilines is 2. The summed E-state index contributed by atoms with van der Waals surface area (Å²) in [6, 6.07) is 20.2. The van der Waals surface area contributed by atoms with Gasteiger partial charge in [0.2, 0.25) is 11.7 Å². The van der Waals surface area contributed by atoms with Gasteiger partial charge in [-0.2, -0.15) is 4.98 Å². The number of nitrogens with one attached hydrogen (secondary N) is 1. The highest BCUT2D eigenvalue weighted by atomic mass is 19.1. The molecule has 0 saturated carbocycles. The zero-order chi connectivity index (χ0) is 22.1. The summed E-state index contributed by atoms with van der Waals surface area (Å²) in [5.74, 6) is 0.359. The number of halogens is 1. The van der Waals surface area contributed by atoms with Crippen LogP contribution in [0.2, 0.25) is 0 Å². The van der Waals surface area contributed by atoms with E-state index in [1.165, 1.54) is 11.6 Å². The summed E-state index contributed by atoms with van der Waals surface area (Å²) >= 11 is 0. The fraction of sp³-hybridized carbons (Fsp3) is 0.160. The van der Waals surface area contributed by atoms with E-state index < -0.39 is 0 Å². The molecule has 0 fully saturated rings. The molecule has 0 radical (unpaired) electrons. The number of nitrogens with zero attached hydrogens (tertiary/aromatic N) is 3. The molecule has 3 aromatic carbocycles. The molecular weight excluding hydrogens is 407 g/mol. The van der Waals surface area contributed by atoms with Crippen molar-refractivity contribution in [2.45, 2.75) is 19.9 Å². The van der Waals surface area contributed by atoms with Crippen molar-refractivity contribution in [2.24, 2.45) is 0 Å². The molecule has 6 nitrogen and oxygen atoms in total. The third kappa shape index (κ3) is 3.85. The molecule has 32 heavy (non-hydrogen) atoms. The van der Waals surface area contributed by atoms with E-state index in [0.717, 1.165) is 17.8 Å². The van der Waals surface area contributed by atoms with Crippen LogP contribution >= 0.6 is 0 Å². The van der Waals surface area contributed by atoms with Crippen LogP contribution in [0.4, 0.5) is 15.8 Å². The molecule has 5 rings (SSSR count). The van der Waals surface area contributed by atoms with Gasteiger partial charge in [-0.3, -0.25) is 4.79 Å². The maximum Gasteiger partial charge on any atom is 0.258 e. The zero-order valence-electron chi connectivity index (χ0n) is 17.5. The summed E-state index contributed by atoms with van der Waals surface area (Å²) < 4.78 is 19.1. The molecule has 4 aromatic rings. The third-order valence-corrected chi connectivity index (χ3v) is 5.58. The van der Waals surface area contributed by atoms with Crippen molar-refractivity contribution in [3.05, 3.63) is 95.1 Å². The minimum Gasteiger partial charge on any atom is -0.376 e. The van der Waals surface area contributed by atoms with E-state index in [-0.39, 0.29) is 18.3 Å². The standard InChI is InChI=1S/C25H21FN4O2/c1-16-9-10-18(14-21(16)26)24-28-23(32-29-24)15-27-20-7-4-6-19(13-20)25(31)30-12-11-17-5-2-3-8-22(17)30/h2-10,13-14,27H,11-12,15H2,1H3. The van der Waals surface area contributed by atoms with Crippen LogP contribution in [0.5, 0.6) is 0 Å². The lowest BCUT2D eigenvalue weighted by molar-refractivity contribution is 0.0989. The normalized spacial score (nSPS) is 12.6. The van der Waals surface area contributed by atoms with Gasteiger partial charge in [0.25, 0.3) is 5.91 Å². The molecule has 1 amide bonds. The van der Waals surface area contributed by atoms with Gasteiger partial charge in [-0.15, -0.1) is 0 Å². The number of fused-ring (bicyclic) bond motifs is 1. The lowest BCUT2D eigenvalue weighted by atomic mass is 10.1. The molecule has 160 valence electrons. The number of amides is 1. The van der Waals surface area contributed by atoms with Crippen LogP contribution in [0.25, 0.3) is 11.4 Å². The van der Waals surface area contributed by atoms with E-state index in [9.17, 15) is 9.18 Å². The van der Waals surface area contributed by atoms with Gasteiger partial charge >= 0.3 is 0 Å². The van der Waals surface area contributed by atoms with Crippen LogP contribution in [0.15, 0.2) is 71.3 Å². The lowest BCUT2D eigenvalue weighted by Gasteiger charge is -2.18. The highest BCUT2D eigenvalue weighted by Gasteiger charge is 2.25. The molecule has 2 heterocycles. The second-order valence-corrected chi connectivity index (χ2v) is 7.75. The number of carbonyl (C=O) groups is 1. The fourth-order valence-corrected chi connectivity index (χ4v) is 3.82. The Labute approximate surface area is 184 Å². The highest BCUT2D eigenvalue weighted by molar-refractivity contribution is 6.07. The second-order valence-electron chi connectivity index (χ2n) is 7.75. The summed E-state index contributed by atoms with van der Waals surface area (Å²) in [6.45, 7) is 2.66. The van der Waals surface area contributed by atoms with E-state index in [1.54, 1.807) is 19.1 Å². The van der Waals surface area contributed by atoms with Crippen LogP contribution in [-0.2, 0) is 13.0 Å². The molecule has 0 spiro atoms. The Morgan fingerprint density at radius 3 is 2.88 bits per heavy atom. The second kappa shape index (κ2) is 8.26.